The van der Waals surface area contributed by atoms with Crippen LogP contribution in [-0.2, 0) is 0 Å². The fourth-order valence-corrected chi connectivity index (χ4v) is 2.43. The summed E-state index contributed by atoms with van der Waals surface area (Å²) in [5.41, 5.74) is 1.77. The molecule has 56 valence electrons. The van der Waals surface area contributed by atoms with Crippen LogP contribution in [0, 0.1) is 11.8 Å². The van der Waals surface area contributed by atoms with Crippen molar-refractivity contribution in [1.29, 1.82) is 0 Å². The fourth-order valence-electron chi connectivity index (χ4n) is 2.43. The van der Waals surface area contributed by atoms with E-state index in [2.05, 4.69) is 13.0 Å². The predicted octanol–water partition coefficient (Wildman–Crippen LogP) is 3.14. The van der Waals surface area contributed by atoms with Gasteiger partial charge in [-0.2, -0.15) is 0 Å². The van der Waals surface area contributed by atoms with E-state index >= 15 is 0 Å². The van der Waals surface area contributed by atoms with Crippen LogP contribution in [0.4, 0.5) is 0 Å². The highest BCUT2D eigenvalue weighted by molar-refractivity contribution is 5.15. The molecule has 1 fully saturated rings. The highest BCUT2D eigenvalue weighted by Crippen LogP contribution is 2.40. The molecule has 0 nitrogen and oxygen atoms in total. The van der Waals surface area contributed by atoms with Crippen molar-refractivity contribution in [3.05, 3.63) is 11.6 Å². The van der Waals surface area contributed by atoms with E-state index in [0.29, 0.717) is 0 Å². The summed E-state index contributed by atoms with van der Waals surface area (Å²) in [6.45, 7) is 2.41. The van der Waals surface area contributed by atoms with Gasteiger partial charge in [0.25, 0.3) is 0 Å². The topological polar surface area (TPSA) is 0 Å². The Bertz CT molecular complexity index is 155. The van der Waals surface area contributed by atoms with Crippen LogP contribution in [0.2, 0.25) is 0 Å². The lowest BCUT2D eigenvalue weighted by atomic mass is 9.92. The van der Waals surface area contributed by atoms with Gasteiger partial charge in [-0.3, -0.25) is 0 Å². The molecule has 0 amide bonds. The molecule has 0 heterocycles. The highest BCUT2D eigenvalue weighted by Gasteiger charge is 2.26. The van der Waals surface area contributed by atoms with Crippen LogP contribution >= 0.6 is 0 Å². The molecular formula is C10H16. The quantitative estimate of drug-likeness (QED) is 0.449. The normalized spacial score (nSPS) is 39.1. The Kier molecular flexibility index (Phi) is 1.55. The van der Waals surface area contributed by atoms with Crippen molar-refractivity contribution in [3.8, 4) is 0 Å². The molecule has 2 unspecified atom stereocenters. The Morgan fingerprint density at radius 1 is 1.40 bits per heavy atom. The van der Waals surface area contributed by atoms with Crippen molar-refractivity contribution in [1.82, 2.24) is 0 Å². The summed E-state index contributed by atoms with van der Waals surface area (Å²) >= 11 is 0. The van der Waals surface area contributed by atoms with E-state index in [4.69, 9.17) is 0 Å². The smallest absolute Gasteiger partial charge is 0.0200 e. The van der Waals surface area contributed by atoms with Crippen LogP contribution in [0.25, 0.3) is 0 Å². The van der Waals surface area contributed by atoms with Crippen molar-refractivity contribution in [2.75, 3.05) is 0 Å². The van der Waals surface area contributed by atoms with Gasteiger partial charge in [-0.25, -0.2) is 0 Å². The highest BCUT2D eigenvalue weighted by atomic mass is 14.3. The molecule has 2 aliphatic rings. The fraction of sp³-hybridized carbons (Fsp3) is 0.800. The minimum absolute atomic E-state index is 0.933. The maximum absolute atomic E-state index is 2.49. The molecule has 0 N–H and O–H groups in total. The maximum atomic E-state index is 2.49. The zero-order chi connectivity index (χ0) is 6.97. The Morgan fingerprint density at radius 2 is 2.30 bits per heavy atom. The lowest BCUT2D eigenvalue weighted by Crippen LogP contribution is -2.04. The van der Waals surface area contributed by atoms with Gasteiger partial charge in [0.1, 0.15) is 0 Å². The molecule has 0 heteroatoms. The first kappa shape index (κ1) is 6.45. The summed E-state index contributed by atoms with van der Waals surface area (Å²) in [4.78, 5) is 0. The zero-order valence-corrected chi connectivity index (χ0v) is 6.77. The standard InChI is InChI=1S/C10H16/c1-8-9-4-2-3-5-10(8)7-6-9/h6,8,10H,2-5,7H2,1H3. The van der Waals surface area contributed by atoms with E-state index in [9.17, 15) is 0 Å². The average molecular weight is 136 g/mol. The van der Waals surface area contributed by atoms with Crippen LogP contribution in [0.15, 0.2) is 11.6 Å². The third-order valence-corrected chi connectivity index (χ3v) is 3.27. The van der Waals surface area contributed by atoms with Crippen molar-refractivity contribution in [2.45, 2.75) is 39.0 Å². The molecule has 0 spiro atoms. The third kappa shape index (κ3) is 0.902. The van der Waals surface area contributed by atoms with Gasteiger partial charge in [-0.05, 0) is 37.5 Å². The number of hydrogen-bond donors (Lipinski definition) is 0. The first-order valence-corrected chi connectivity index (χ1v) is 4.57. The zero-order valence-electron chi connectivity index (χ0n) is 6.77. The molecule has 2 rings (SSSR count). The molecule has 2 aliphatic carbocycles. The van der Waals surface area contributed by atoms with Gasteiger partial charge in [0, 0.05) is 0 Å². The second kappa shape index (κ2) is 2.41. The number of hydrogen-bond acceptors (Lipinski definition) is 0. The second-order valence-electron chi connectivity index (χ2n) is 3.81. The lowest BCUT2D eigenvalue weighted by molar-refractivity contribution is 0.416. The van der Waals surface area contributed by atoms with E-state index in [1.54, 1.807) is 5.57 Å². The minimum Gasteiger partial charge on any atom is -0.0848 e. The minimum atomic E-state index is 0.933. The number of fused-ring (bicyclic) bond motifs is 2. The maximum Gasteiger partial charge on any atom is -0.0200 e. The second-order valence-corrected chi connectivity index (χ2v) is 3.81. The predicted molar refractivity (Wildman–Crippen MR) is 43.8 cm³/mol. The van der Waals surface area contributed by atoms with E-state index in [-0.39, 0.29) is 0 Å². The lowest BCUT2D eigenvalue weighted by Gasteiger charge is -2.13. The van der Waals surface area contributed by atoms with Crippen LogP contribution in [0.5, 0.6) is 0 Å². The van der Waals surface area contributed by atoms with Gasteiger partial charge in [0.15, 0.2) is 0 Å². The summed E-state index contributed by atoms with van der Waals surface area (Å²) in [5, 5.41) is 0. The van der Waals surface area contributed by atoms with Crippen LogP contribution in [-0.4, -0.2) is 0 Å². The van der Waals surface area contributed by atoms with Gasteiger partial charge >= 0.3 is 0 Å². The third-order valence-electron chi connectivity index (χ3n) is 3.27. The first-order valence-electron chi connectivity index (χ1n) is 4.57. The van der Waals surface area contributed by atoms with Crippen molar-refractivity contribution < 1.29 is 0 Å². The first-order chi connectivity index (χ1) is 4.88. The largest absolute Gasteiger partial charge is 0.0848 e. The average Bonchev–Trinajstić information content (AvgIpc) is 2.06. The van der Waals surface area contributed by atoms with E-state index in [1.165, 1.54) is 32.1 Å². The van der Waals surface area contributed by atoms with Gasteiger partial charge in [-0.15, -0.1) is 0 Å². The Labute approximate surface area is 63.3 Å². The van der Waals surface area contributed by atoms with Gasteiger partial charge in [0.05, 0.1) is 0 Å². The van der Waals surface area contributed by atoms with Crippen molar-refractivity contribution >= 4 is 0 Å². The molecule has 0 aromatic carbocycles. The molecule has 2 atom stereocenters. The van der Waals surface area contributed by atoms with Crippen molar-refractivity contribution in [3.63, 3.8) is 0 Å². The molecular weight excluding hydrogens is 120 g/mol. The van der Waals surface area contributed by atoms with E-state index in [1.807, 2.05) is 0 Å². The van der Waals surface area contributed by atoms with Crippen LogP contribution in [0.3, 0.4) is 0 Å². The Hall–Kier alpha value is -0.260. The molecule has 1 saturated carbocycles. The molecule has 0 aromatic rings. The van der Waals surface area contributed by atoms with Crippen LogP contribution < -0.4 is 0 Å². The van der Waals surface area contributed by atoms with Crippen molar-refractivity contribution in [2.24, 2.45) is 11.8 Å². The molecule has 0 saturated heterocycles. The monoisotopic (exact) mass is 136 g/mol. The van der Waals surface area contributed by atoms with Gasteiger partial charge < -0.3 is 0 Å². The van der Waals surface area contributed by atoms with Crippen LogP contribution in [0.1, 0.15) is 39.0 Å². The Morgan fingerprint density at radius 3 is 3.20 bits per heavy atom. The molecule has 2 bridgehead atoms. The van der Waals surface area contributed by atoms with Gasteiger partial charge in [-0.1, -0.05) is 25.0 Å². The van der Waals surface area contributed by atoms with E-state index in [0.717, 1.165) is 11.8 Å². The Balaban J connectivity index is 2.17. The number of rotatable bonds is 0. The summed E-state index contributed by atoms with van der Waals surface area (Å²) in [7, 11) is 0. The summed E-state index contributed by atoms with van der Waals surface area (Å²) in [6.07, 6.45) is 9.70. The summed E-state index contributed by atoms with van der Waals surface area (Å²) in [6, 6.07) is 0. The van der Waals surface area contributed by atoms with E-state index < -0.39 is 0 Å². The summed E-state index contributed by atoms with van der Waals surface area (Å²) in [5.74, 6) is 1.96. The molecule has 0 aliphatic heterocycles. The molecule has 0 radical (unpaired) electrons. The van der Waals surface area contributed by atoms with Gasteiger partial charge in [0.2, 0.25) is 0 Å². The SMILES string of the molecule is CC1C2=CCC1CCCC2. The molecule has 10 heavy (non-hydrogen) atoms. The number of allylic oxidation sites excluding steroid dienone is 2. The summed E-state index contributed by atoms with van der Waals surface area (Å²) < 4.78 is 0. The molecule has 0 aromatic heterocycles.